The first-order valence-electron chi connectivity index (χ1n) is 6.25. The summed E-state index contributed by atoms with van der Waals surface area (Å²) in [5.74, 6) is -1.60. The van der Waals surface area contributed by atoms with E-state index in [4.69, 9.17) is 5.11 Å². The van der Waals surface area contributed by atoms with E-state index in [1.807, 2.05) is 6.26 Å². The van der Waals surface area contributed by atoms with Crippen molar-refractivity contribution in [1.82, 2.24) is 10.6 Å². The van der Waals surface area contributed by atoms with Gasteiger partial charge in [-0.1, -0.05) is 13.8 Å². The molecule has 0 bridgehead atoms. The first-order valence-corrected chi connectivity index (χ1v) is 7.64. The molecule has 3 atom stereocenters. The van der Waals surface area contributed by atoms with Crippen molar-refractivity contribution in [3.05, 3.63) is 0 Å². The summed E-state index contributed by atoms with van der Waals surface area (Å²) in [4.78, 5) is 33.6. The van der Waals surface area contributed by atoms with Crippen LogP contribution in [0.15, 0.2) is 0 Å². The second-order valence-electron chi connectivity index (χ2n) is 4.68. The monoisotopic (exact) mass is 306 g/mol. The molecule has 0 spiro atoms. The van der Waals surface area contributed by atoms with Crippen molar-refractivity contribution in [1.29, 1.82) is 0 Å². The second kappa shape index (κ2) is 9.60. The minimum atomic E-state index is -1.40. The Labute approximate surface area is 122 Å². The minimum absolute atomic E-state index is 0.319. The molecule has 0 rings (SSSR count). The maximum Gasteiger partial charge on any atom is 0.328 e. The summed E-state index contributed by atoms with van der Waals surface area (Å²) in [5.41, 5.74) is 0. The van der Waals surface area contributed by atoms with Gasteiger partial charge in [0.2, 0.25) is 12.3 Å². The number of amides is 2. The van der Waals surface area contributed by atoms with Crippen molar-refractivity contribution in [2.75, 3.05) is 12.0 Å². The molecular formula is C12H22N2O5S. The molecule has 0 aromatic heterocycles. The van der Waals surface area contributed by atoms with Crippen LogP contribution in [0.4, 0.5) is 0 Å². The lowest BCUT2D eigenvalue weighted by atomic mass is 9.99. The summed E-state index contributed by atoms with van der Waals surface area (Å²) in [7, 11) is 0. The van der Waals surface area contributed by atoms with E-state index in [1.165, 1.54) is 11.8 Å². The fourth-order valence-corrected chi connectivity index (χ4v) is 2.01. The third-order valence-electron chi connectivity index (χ3n) is 2.78. The van der Waals surface area contributed by atoms with Crippen molar-refractivity contribution in [3.8, 4) is 0 Å². The van der Waals surface area contributed by atoms with Crippen LogP contribution in [0.3, 0.4) is 0 Å². The summed E-state index contributed by atoms with van der Waals surface area (Å²) >= 11 is 1.51. The third kappa shape index (κ3) is 6.25. The van der Waals surface area contributed by atoms with Crippen LogP contribution in [-0.4, -0.2) is 58.7 Å². The lowest BCUT2D eigenvalue weighted by Gasteiger charge is -2.25. The Hall–Kier alpha value is -1.28. The molecule has 4 N–H and O–H groups in total. The van der Waals surface area contributed by atoms with Gasteiger partial charge in [-0.3, -0.25) is 9.59 Å². The molecule has 0 aliphatic heterocycles. The van der Waals surface area contributed by atoms with Gasteiger partial charge in [-0.05, 0) is 24.3 Å². The Bertz CT molecular complexity index is 338. The number of aliphatic carboxylic acids is 1. The molecule has 0 unspecified atom stereocenters. The SMILES string of the molecule is CSCC[C@H](NC=O)C(=O)N[C@@H](C(=O)O)[C@@H](O)C(C)C. The van der Waals surface area contributed by atoms with Crippen LogP contribution in [-0.2, 0) is 14.4 Å². The van der Waals surface area contributed by atoms with E-state index in [2.05, 4.69) is 10.6 Å². The number of carboxylic acid groups (broad SMARTS) is 1. The van der Waals surface area contributed by atoms with Gasteiger partial charge >= 0.3 is 5.97 Å². The summed E-state index contributed by atoms with van der Waals surface area (Å²) in [6, 6.07) is -2.20. The average molecular weight is 306 g/mol. The average Bonchev–Trinajstić information content (AvgIpc) is 2.39. The Balaban J connectivity index is 4.77. The molecule has 0 aromatic rings. The van der Waals surface area contributed by atoms with Gasteiger partial charge in [0.25, 0.3) is 0 Å². The van der Waals surface area contributed by atoms with Gasteiger partial charge in [0.15, 0.2) is 6.04 Å². The largest absolute Gasteiger partial charge is 0.480 e. The molecule has 20 heavy (non-hydrogen) atoms. The zero-order valence-corrected chi connectivity index (χ0v) is 12.6. The van der Waals surface area contributed by atoms with Crippen molar-refractivity contribution in [2.24, 2.45) is 5.92 Å². The Kier molecular flexibility index (Phi) is 8.98. The predicted molar refractivity (Wildman–Crippen MR) is 76.4 cm³/mol. The maximum absolute atomic E-state index is 12.0. The third-order valence-corrected chi connectivity index (χ3v) is 3.43. The number of carboxylic acids is 1. The van der Waals surface area contributed by atoms with E-state index in [1.54, 1.807) is 13.8 Å². The number of rotatable bonds is 10. The summed E-state index contributed by atoms with van der Waals surface area (Å²) in [6.07, 6.45) is 1.45. The number of aliphatic hydroxyl groups is 1. The molecule has 2 amide bonds. The van der Waals surface area contributed by atoms with Gasteiger partial charge in [0.05, 0.1) is 6.10 Å². The van der Waals surface area contributed by atoms with E-state index in [0.717, 1.165) is 0 Å². The van der Waals surface area contributed by atoms with E-state index >= 15 is 0 Å². The maximum atomic E-state index is 12.0. The Morgan fingerprint density at radius 2 is 1.95 bits per heavy atom. The van der Waals surface area contributed by atoms with E-state index < -0.39 is 30.1 Å². The molecule has 0 aliphatic rings. The Morgan fingerprint density at radius 1 is 1.35 bits per heavy atom. The molecule has 0 heterocycles. The smallest absolute Gasteiger partial charge is 0.328 e. The number of nitrogens with one attached hydrogen (secondary N) is 2. The zero-order chi connectivity index (χ0) is 15.7. The van der Waals surface area contributed by atoms with Crippen LogP contribution in [0, 0.1) is 5.92 Å². The number of aliphatic hydroxyl groups excluding tert-OH is 1. The van der Waals surface area contributed by atoms with Gasteiger partial charge in [-0.15, -0.1) is 0 Å². The highest BCUT2D eigenvalue weighted by atomic mass is 32.2. The molecule has 8 heteroatoms. The van der Waals surface area contributed by atoms with E-state index in [-0.39, 0.29) is 5.92 Å². The number of thioether (sulfide) groups is 1. The topological polar surface area (TPSA) is 116 Å². The molecule has 0 aromatic carbocycles. The van der Waals surface area contributed by atoms with Crippen LogP contribution in [0.25, 0.3) is 0 Å². The van der Waals surface area contributed by atoms with Crippen molar-refractivity contribution >= 4 is 30.0 Å². The molecule has 0 aliphatic carbocycles. The molecular weight excluding hydrogens is 284 g/mol. The summed E-state index contributed by atoms with van der Waals surface area (Å²) in [5, 5.41) is 23.5. The Morgan fingerprint density at radius 3 is 2.35 bits per heavy atom. The number of hydrogen-bond donors (Lipinski definition) is 4. The lowest BCUT2D eigenvalue weighted by molar-refractivity contribution is -0.146. The van der Waals surface area contributed by atoms with E-state index in [0.29, 0.717) is 18.6 Å². The normalized spacial score (nSPS) is 15.2. The summed E-state index contributed by atoms with van der Waals surface area (Å²) < 4.78 is 0. The molecule has 0 saturated heterocycles. The molecule has 7 nitrogen and oxygen atoms in total. The minimum Gasteiger partial charge on any atom is -0.480 e. The van der Waals surface area contributed by atoms with Crippen molar-refractivity contribution in [3.63, 3.8) is 0 Å². The van der Waals surface area contributed by atoms with Crippen molar-refractivity contribution in [2.45, 2.75) is 38.5 Å². The van der Waals surface area contributed by atoms with Crippen LogP contribution in [0.5, 0.6) is 0 Å². The van der Waals surface area contributed by atoms with Crippen LogP contribution < -0.4 is 10.6 Å². The highest BCUT2D eigenvalue weighted by molar-refractivity contribution is 7.98. The summed E-state index contributed by atoms with van der Waals surface area (Å²) in [6.45, 7) is 3.31. The van der Waals surface area contributed by atoms with Gasteiger partial charge < -0.3 is 20.8 Å². The van der Waals surface area contributed by atoms with Gasteiger partial charge in [-0.2, -0.15) is 11.8 Å². The van der Waals surface area contributed by atoms with Crippen LogP contribution >= 0.6 is 11.8 Å². The quantitative estimate of drug-likeness (QED) is 0.402. The molecule has 0 saturated carbocycles. The number of carbonyl (C=O) groups excluding carboxylic acids is 2. The molecule has 0 fully saturated rings. The van der Waals surface area contributed by atoms with Gasteiger partial charge in [0, 0.05) is 0 Å². The predicted octanol–water partition coefficient (Wildman–Crippen LogP) is -0.560. The number of hydrogen-bond acceptors (Lipinski definition) is 5. The molecule has 0 radical (unpaired) electrons. The molecule has 116 valence electrons. The fourth-order valence-electron chi connectivity index (χ4n) is 1.54. The van der Waals surface area contributed by atoms with Gasteiger partial charge in [0.1, 0.15) is 6.04 Å². The van der Waals surface area contributed by atoms with Gasteiger partial charge in [-0.25, -0.2) is 4.79 Å². The van der Waals surface area contributed by atoms with E-state index in [9.17, 15) is 19.5 Å². The first-order chi connectivity index (χ1) is 9.34. The van der Waals surface area contributed by atoms with Crippen molar-refractivity contribution < 1.29 is 24.6 Å². The second-order valence-corrected chi connectivity index (χ2v) is 5.66. The standard InChI is InChI=1S/C12H22N2O5S/c1-7(2)10(16)9(12(18)19)14-11(17)8(13-6-15)4-5-20-3/h6-10,16H,4-5H2,1-3H3,(H,13,15)(H,14,17)(H,18,19)/t8-,9+,10-/m0/s1. The number of carbonyl (C=O) groups is 3. The van der Waals surface area contributed by atoms with Crippen LogP contribution in [0.2, 0.25) is 0 Å². The zero-order valence-electron chi connectivity index (χ0n) is 11.8. The highest BCUT2D eigenvalue weighted by Gasteiger charge is 2.32. The fraction of sp³-hybridized carbons (Fsp3) is 0.750. The van der Waals surface area contributed by atoms with Crippen LogP contribution in [0.1, 0.15) is 20.3 Å². The first kappa shape index (κ1) is 18.7. The highest BCUT2D eigenvalue weighted by Crippen LogP contribution is 2.08. The lowest BCUT2D eigenvalue weighted by Crippen LogP contribution is -2.55.